The first kappa shape index (κ1) is 9.47. The first-order valence-corrected chi connectivity index (χ1v) is 5.05. The highest BCUT2D eigenvalue weighted by atomic mass is 32.2. The molecule has 6 heteroatoms. The van der Waals surface area contributed by atoms with Crippen LogP contribution < -0.4 is 5.73 Å². The molecule has 0 saturated carbocycles. The molecule has 1 aliphatic rings. The Kier molecular flexibility index (Phi) is 3.05. The van der Waals surface area contributed by atoms with Crippen molar-refractivity contribution in [2.24, 2.45) is 15.7 Å². The molecule has 1 aliphatic heterocycles. The number of guanidine groups is 1. The highest BCUT2D eigenvalue weighted by molar-refractivity contribution is 7.96. The summed E-state index contributed by atoms with van der Waals surface area (Å²) < 4.78 is 1.95. The van der Waals surface area contributed by atoms with E-state index in [2.05, 4.69) is 29.3 Å². The Morgan fingerprint density at radius 3 is 2.83 bits per heavy atom. The number of hydrogen-bond acceptors (Lipinski definition) is 4. The SMILES string of the molecule is C=N/C(N)=N\C1=C(CS)N1SC. The third-order valence-corrected chi connectivity index (χ3v) is 2.42. The molecule has 1 heterocycles. The predicted octanol–water partition coefficient (Wildman–Crippen LogP) is 0.694. The van der Waals surface area contributed by atoms with Gasteiger partial charge in [-0.05, 0) is 18.7 Å². The molecule has 0 aromatic carbocycles. The molecule has 0 radical (unpaired) electrons. The lowest BCUT2D eigenvalue weighted by atomic mass is 10.7. The van der Waals surface area contributed by atoms with Gasteiger partial charge < -0.3 is 5.73 Å². The smallest absolute Gasteiger partial charge is 0.221 e. The molecule has 0 spiro atoms. The molecule has 4 nitrogen and oxygen atoms in total. The average molecular weight is 202 g/mol. The number of thiol groups is 1. The van der Waals surface area contributed by atoms with Crippen LogP contribution in [0.15, 0.2) is 21.5 Å². The van der Waals surface area contributed by atoms with Crippen molar-refractivity contribution in [1.82, 2.24) is 4.31 Å². The molecular weight excluding hydrogens is 192 g/mol. The normalized spacial score (nSPS) is 16.8. The molecule has 0 saturated heterocycles. The number of nitrogens with zero attached hydrogens (tertiary/aromatic N) is 3. The summed E-state index contributed by atoms with van der Waals surface area (Å²) in [6.45, 7) is 3.27. The standard InChI is InChI=1S/C6H10N4S2/c1-8-6(7)9-5-4(3-11)10(5)12-2/h11H,1,3H2,2H3,(H2,7,9). The topological polar surface area (TPSA) is 53.7 Å². The highest BCUT2D eigenvalue weighted by Crippen LogP contribution is 2.39. The van der Waals surface area contributed by atoms with Gasteiger partial charge in [0.2, 0.25) is 5.96 Å². The van der Waals surface area contributed by atoms with Gasteiger partial charge in [-0.15, -0.1) is 0 Å². The van der Waals surface area contributed by atoms with Crippen molar-refractivity contribution in [2.75, 3.05) is 12.0 Å². The molecule has 0 aromatic heterocycles. The van der Waals surface area contributed by atoms with Crippen molar-refractivity contribution in [3.8, 4) is 0 Å². The quantitative estimate of drug-likeness (QED) is 0.306. The van der Waals surface area contributed by atoms with E-state index in [9.17, 15) is 0 Å². The molecule has 2 N–H and O–H groups in total. The Labute approximate surface area is 81.2 Å². The molecule has 0 aromatic rings. The minimum atomic E-state index is 0.195. The van der Waals surface area contributed by atoms with Crippen LogP contribution in [0.5, 0.6) is 0 Å². The van der Waals surface area contributed by atoms with E-state index in [1.807, 2.05) is 10.6 Å². The van der Waals surface area contributed by atoms with E-state index in [4.69, 9.17) is 5.73 Å². The van der Waals surface area contributed by atoms with Crippen molar-refractivity contribution in [1.29, 1.82) is 0 Å². The number of nitrogens with two attached hydrogens (primary N) is 1. The van der Waals surface area contributed by atoms with Gasteiger partial charge in [0, 0.05) is 12.0 Å². The Morgan fingerprint density at radius 1 is 1.83 bits per heavy atom. The summed E-state index contributed by atoms with van der Waals surface area (Å²) >= 11 is 5.70. The minimum Gasteiger partial charge on any atom is -0.368 e. The molecule has 66 valence electrons. The van der Waals surface area contributed by atoms with E-state index < -0.39 is 0 Å². The van der Waals surface area contributed by atoms with E-state index in [0.29, 0.717) is 5.75 Å². The van der Waals surface area contributed by atoms with Crippen LogP contribution in [0.3, 0.4) is 0 Å². The Balaban J connectivity index is 2.65. The largest absolute Gasteiger partial charge is 0.368 e. The van der Waals surface area contributed by atoms with Crippen LogP contribution in [0.4, 0.5) is 0 Å². The Hall–Kier alpha value is -0.620. The van der Waals surface area contributed by atoms with Crippen LogP contribution in [-0.2, 0) is 0 Å². The van der Waals surface area contributed by atoms with Gasteiger partial charge in [-0.3, -0.25) is 4.31 Å². The minimum absolute atomic E-state index is 0.195. The molecule has 0 unspecified atom stereocenters. The fourth-order valence-corrected chi connectivity index (χ4v) is 1.78. The van der Waals surface area contributed by atoms with Crippen molar-refractivity contribution in [3.63, 3.8) is 0 Å². The lowest BCUT2D eigenvalue weighted by Gasteiger charge is -1.96. The molecule has 0 amide bonds. The summed E-state index contributed by atoms with van der Waals surface area (Å²) in [5.41, 5.74) is 6.45. The van der Waals surface area contributed by atoms with E-state index in [1.165, 1.54) is 0 Å². The fourth-order valence-electron chi connectivity index (χ4n) is 0.758. The van der Waals surface area contributed by atoms with Crippen LogP contribution in [-0.4, -0.2) is 29.0 Å². The van der Waals surface area contributed by atoms with Crippen molar-refractivity contribution in [2.45, 2.75) is 0 Å². The molecule has 0 bridgehead atoms. The van der Waals surface area contributed by atoms with Crippen LogP contribution in [0.25, 0.3) is 0 Å². The Morgan fingerprint density at radius 2 is 2.50 bits per heavy atom. The van der Waals surface area contributed by atoms with Gasteiger partial charge in [-0.25, -0.2) is 4.99 Å². The van der Waals surface area contributed by atoms with Gasteiger partial charge in [0.15, 0.2) is 5.82 Å². The second-order valence-corrected chi connectivity index (χ2v) is 3.08. The second kappa shape index (κ2) is 3.86. The van der Waals surface area contributed by atoms with Gasteiger partial charge in [0.1, 0.15) is 0 Å². The molecular formula is C6H10N4S2. The number of hydrogen-bond donors (Lipinski definition) is 2. The summed E-state index contributed by atoms with van der Waals surface area (Å²) in [5, 5.41) is 0. The molecule has 1 rings (SSSR count). The van der Waals surface area contributed by atoms with Crippen molar-refractivity contribution >= 4 is 37.3 Å². The van der Waals surface area contributed by atoms with Crippen molar-refractivity contribution < 1.29 is 0 Å². The third kappa shape index (κ3) is 1.75. The van der Waals surface area contributed by atoms with Gasteiger partial charge >= 0.3 is 0 Å². The Bertz CT molecular complexity index is 258. The molecule has 0 aliphatic carbocycles. The maximum Gasteiger partial charge on any atom is 0.221 e. The zero-order valence-electron chi connectivity index (χ0n) is 6.69. The lowest BCUT2D eigenvalue weighted by Crippen LogP contribution is -2.06. The van der Waals surface area contributed by atoms with Crippen LogP contribution >= 0.6 is 24.6 Å². The summed E-state index contributed by atoms with van der Waals surface area (Å²) in [6, 6.07) is 0. The predicted molar refractivity (Wildman–Crippen MR) is 57.4 cm³/mol. The second-order valence-electron chi connectivity index (χ2n) is 2.03. The summed E-state index contributed by atoms with van der Waals surface area (Å²) in [7, 11) is 0. The third-order valence-electron chi connectivity index (χ3n) is 1.36. The van der Waals surface area contributed by atoms with Gasteiger partial charge in [-0.2, -0.15) is 17.6 Å². The lowest BCUT2D eigenvalue weighted by molar-refractivity contribution is 0.915. The van der Waals surface area contributed by atoms with E-state index >= 15 is 0 Å². The van der Waals surface area contributed by atoms with Crippen LogP contribution in [0.2, 0.25) is 0 Å². The zero-order chi connectivity index (χ0) is 9.14. The zero-order valence-corrected chi connectivity index (χ0v) is 8.40. The van der Waals surface area contributed by atoms with Crippen LogP contribution in [0, 0.1) is 0 Å². The highest BCUT2D eigenvalue weighted by Gasteiger charge is 2.31. The van der Waals surface area contributed by atoms with Gasteiger partial charge in [0.05, 0.1) is 5.70 Å². The first-order valence-electron chi connectivity index (χ1n) is 3.23. The van der Waals surface area contributed by atoms with Crippen LogP contribution in [0.1, 0.15) is 0 Å². The van der Waals surface area contributed by atoms with Gasteiger partial charge in [-0.1, -0.05) is 0 Å². The van der Waals surface area contributed by atoms with Crippen molar-refractivity contribution in [3.05, 3.63) is 11.5 Å². The fraction of sp³-hybridized carbons (Fsp3) is 0.333. The maximum atomic E-state index is 5.37. The average Bonchev–Trinajstić information content (AvgIpc) is 2.77. The maximum absolute atomic E-state index is 5.37. The number of aliphatic imine (C=N–C) groups is 2. The van der Waals surface area contributed by atoms with E-state index in [0.717, 1.165) is 11.5 Å². The summed E-state index contributed by atoms with van der Waals surface area (Å²) in [6.07, 6.45) is 1.96. The summed E-state index contributed by atoms with van der Waals surface area (Å²) in [4.78, 5) is 7.50. The van der Waals surface area contributed by atoms with E-state index in [-0.39, 0.29) is 5.96 Å². The first-order chi connectivity index (χ1) is 5.74. The molecule has 0 atom stereocenters. The number of rotatable bonds is 3. The molecule has 0 fully saturated rings. The summed E-state index contributed by atoms with van der Waals surface area (Å²) in [5.74, 6) is 1.72. The molecule has 12 heavy (non-hydrogen) atoms. The van der Waals surface area contributed by atoms with E-state index in [1.54, 1.807) is 11.9 Å². The monoisotopic (exact) mass is 202 g/mol. The van der Waals surface area contributed by atoms with Gasteiger partial charge in [0.25, 0.3) is 0 Å².